The summed E-state index contributed by atoms with van der Waals surface area (Å²) in [7, 11) is 2.21. The molecular formula is C10H14BrNS. The first-order chi connectivity index (χ1) is 6.24. The van der Waals surface area contributed by atoms with Crippen LogP contribution in [0.1, 0.15) is 17.7 Å². The van der Waals surface area contributed by atoms with Crippen LogP contribution in [0.2, 0.25) is 0 Å². The Labute approximate surface area is 91.9 Å². The topological polar surface area (TPSA) is 3.24 Å². The van der Waals surface area contributed by atoms with Crippen LogP contribution in [0.3, 0.4) is 0 Å². The predicted molar refractivity (Wildman–Crippen MR) is 61.1 cm³/mol. The Bertz CT molecular complexity index is 280. The van der Waals surface area contributed by atoms with Gasteiger partial charge in [-0.15, -0.1) is 11.3 Å². The zero-order valence-electron chi connectivity index (χ0n) is 7.79. The van der Waals surface area contributed by atoms with E-state index in [0.29, 0.717) is 0 Å². The lowest BCUT2D eigenvalue weighted by atomic mass is 10.3. The Kier molecular flexibility index (Phi) is 3.06. The molecular weight excluding hydrogens is 246 g/mol. The standard InChI is InChI=1S/C10H14BrNS/c1-12(6-8-2-3-8)7-9-4-5-10(11)13-9/h4-5,8H,2-3,6-7H2,1H3. The predicted octanol–water partition coefficient (Wildman–Crippen LogP) is 3.35. The molecule has 2 rings (SSSR count). The van der Waals surface area contributed by atoms with Gasteiger partial charge in [0, 0.05) is 18.0 Å². The number of hydrogen-bond donors (Lipinski definition) is 0. The fourth-order valence-corrected chi connectivity index (χ4v) is 3.07. The minimum Gasteiger partial charge on any atom is -0.301 e. The van der Waals surface area contributed by atoms with Crippen LogP contribution in [0.5, 0.6) is 0 Å². The summed E-state index contributed by atoms with van der Waals surface area (Å²) in [6.07, 6.45) is 2.89. The molecule has 0 unspecified atom stereocenters. The van der Waals surface area contributed by atoms with E-state index in [1.54, 1.807) is 0 Å². The van der Waals surface area contributed by atoms with Crippen LogP contribution in [0.15, 0.2) is 15.9 Å². The summed E-state index contributed by atoms with van der Waals surface area (Å²) in [5.41, 5.74) is 0. The van der Waals surface area contributed by atoms with Gasteiger partial charge in [-0.1, -0.05) is 0 Å². The summed E-state index contributed by atoms with van der Waals surface area (Å²) in [6.45, 7) is 2.38. The highest BCUT2D eigenvalue weighted by Gasteiger charge is 2.22. The Morgan fingerprint density at radius 3 is 2.85 bits per heavy atom. The highest BCUT2D eigenvalue weighted by atomic mass is 79.9. The average Bonchev–Trinajstić information content (AvgIpc) is 2.76. The molecule has 1 aliphatic carbocycles. The molecule has 1 aliphatic rings. The van der Waals surface area contributed by atoms with Crippen molar-refractivity contribution in [2.75, 3.05) is 13.6 Å². The Morgan fingerprint density at radius 2 is 2.31 bits per heavy atom. The number of thiophene rings is 1. The third-order valence-electron chi connectivity index (χ3n) is 2.32. The van der Waals surface area contributed by atoms with Gasteiger partial charge in [-0.2, -0.15) is 0 Å². The Hall–Kier alpha value is 0.140. The van der Waals surface area contributed by atoms with Crippen molar-refractivity contribution in [1.82, 2.24) is 4.90 Å². The fourth-order valence-electron chi connectivity index (χ4n) is 1.51. The third kappa shape index (κ3) is 3.08. The fraction of sp³-hybridized carbons (Fsp3) is 0.600. The van der Waals surface area contributed by atoms with Crippen molar-refractivity contribution in [2.24, 2.45) is 5.92 Å². The molecule has 1 saturated carbocycles. The number of hydrogen-bond acceptors (Lipinski definition) is 2. The van der Waals surface area contributed by atoms with E-state index in [1.807, 2.05) is 11.3 Å². The summed E-state index contributed by atoms with van der Waals surface area (Å²) in [5, 5.41) is 0. The Morgan fingerprint density at radius 1 is 1.54 bits per heavy atom. The molecule has 1 fully saturated rings. The lowest BCUT2D eigenvalue weighted by Crippen LogP contribution is -2.19. The van der Waals surface area contributed by atoms with Gasteiger partial charge in [0.1, 0.15) is 0 Å². The van der Waals surface area contributed by atoms with Gasteiger partial charge in [-0.3, -0.25) is 0 Å². The molecule has 0 spiro atoms. The zero-order valence-corrected chi connectivity index (χ0v) is 10.2. The first kappa shape index (κ1) is 9.69. The van der Waals surface area contributed by atoms with E-state index in [4.69, 9.17) is 0 Å². The van der Waals surface area contributed by atoms with E-state index in [-0.39, 0.29) is 0 Å². The van der Waals surface area contributed by atoms with Crippen LogP contribution in [0.4, 0.5) is 0 Å². The Balaban J connectivity index is 1.82. The molecule has 0 bridgehead atoms. The van der Waals surface area contributed by atoms with E-state index >= 15 is 0 Å². The van der Waals surface area contributed by atoms with E-state index < -0.39 is 0 Å². The van der Waals surface area contributed by atoms with E-state index in [2.05, 4.69) is 40.0 Å². The van der Waals surface area contributed by atoms with Crippen molar-refractivity contribution in [1.29, 1.82) is 0 Å². The molecule has 0 aliphatic heterocycles. The summed E-state index contributed by atoms with van der Waals surface area (Å²) in [4.78, 5) is 3.88. The van der Waals surface area contributed by atoms with Crippen LogP contribution in [-0.4, -0.2) is 18.5 Å². The maximum absolute atomic E-state index is 3.49. The number of rotatable bonds is 4. The van der Waals surface area contributed by atoms with Crippen LogP contribution < -0.4 is 0 Å². The number of halogens is 1. The van der Waals surface area contributed by atoms with Crippen molar-refractivity contribution < 1.29 is 0 Å². The molecule has 1 aromatic heterocycles. The van der Waals surface area contributed by atoms with Crippen LogP contribution in [0, 0.1) is 5.92 Å². The van der Waals surface area contributed by atoms with Crippen molar-refractivity contribution in [3.63, 3.8) is 0 Å². The van der Waals surface area contributed by atoms with Gasteiger partial charge < -0.3 is 4.90 Å². The molecule has 0 aromatic carbocycles. The summed E-state index contributed by atoms with van der Waals surface area (Å²) in [5.74, 6) is 0.994. The maximum Gasteiger partial charge on any atom is 0.0701 e. The van der Waals surface area contributed by atoms with Crippen LogP contribution in [-0.2, 0) is 6.54 Å². The van der Waals surface area contributed by atoms with E-state index in [1.165, 1.54) is 28.0 Å². The second kappa shape index (κ2) is 4.11. The molecule has 3 heteroatoms. The van der Waals surface area contributed by atoms with E-state index in [0.717, 1.165) is 12.5 Å². The highest BCUT2D eigenvalue weighted by molar-refractivity contribution is 9.11. The van der Waals surface area contributed by atoms with E-state index in [9.17, 15) is 0 Å². The monoisotopic (exact) mass is 259 g/mol. The SMILES string of the molecule is CN(Cc1ccc(Br)s1)CC1CC1. The molecule has 1 nitrogen and oxygen atoms in total. The smallest absolute Gasteiger partial charge is 0.0701 e. The lowest BCUT2D eigenvalue weighted by molar-refractivity contribution is 0.316. The molecule has 0 saturated heterocycles. The van der Waals surface area contributed by atoms with Gasteiger partial charge in [0.2, 0.25) is 0 Å². The second-order valence-electron chi connectivity index (χ2n) is 3.85. The third-order valence-corrected chi connectivity index (χ3v) is 3.93. The number of nitrogens with zero attached hydrogens (tertiary/aromatic N) is 1. The van der Waals surface area contributed by atoms with Gasteiger partial charge in [0.15, 0.2) is 0 Å². The largest absolute Gasteiger partial charge is 0.301 e. The molecule has 0 atom stereocenters. The van der Waals surface area contributed by atoms with Crippen LogP contribution in [0.25, 0.3) is 0 Å². The zero-order chi connectivity index (χ0) is 9.26. The molecule has 13 heavy (non-hydrogen) atoms. The van der Waals surface area contributed by atoms with Gasteiger partial charge in [-0.05, 0) is 53.9 Å². The first-order valence-corrected chi connectivity index (χ1v) is 6.28. The normalized spacial score (nSPS) is 16.8. The molecule has 1 heterocycles. The first-order valence-electron chi connectivity index (χ1n) is 4.67. The average molecular weight is 260 g/mol. The molecule has 72 valence electrons. The van der Waals surface area contributed by atoms with Gasteiger partial charge in [0.05, 0.1) is 3.79 Å². The minimum atomic E-state index is 0.994. The molecule has 1 aromatic rings. The molecule has 0 N–H and O–H groups in total. The summed E-state index contributed by atoms with van der Waals surface area (Å²) in [6, 6.07) is 4.34. The molecule has 0 amide bonds. The molecule has 0 radical (unpaired) electrons. The van der Waals surface area contributed by atoms with Gasteiger partial charge in [-0.25, -0.2) is 0 Å². The van der Waals surface area contributed by atoms with Gasteiger partial charge in [0.25, 0.3) is 0 Å². The van der Waals surface area contributed by atoms with Crippen LogP contribution >= 0.6 is 27.3 Å². The van der Waals surface area contributed by atoms with Gasteiger partial charge >= 0.3 is 0 Å². The summed E-state index contributed by atoms with van der Waals surface area (Å²) >= 11 is 5.32. The van der Waals surface area contributed by atoms with Crippen molar-refractivity contribution in [2.45, 2.75) is 19.4 Å². The maximum atomic E-state index is 3.49. The van der Waals surface area contributed by atoms with Crippen molar-refractivity contribution in [3.8, 4) is 0 Å². The van der Waals surface area contributed by atoms with Crippen molar-refractivity contribution in [3.05, 3.63) is 20.8 Å². The van der Waals surface area contributed by atoms with Crippen molar-refractivity contribution >= 4 is 27.3 Å². The summed E-state index contributed by atoms with van der Waals surface area (Å²) < 4.78 is 1.24. The lowest BCUT2D eigenvalue weighted by Gasteiger charge is -2.14. The second-order valence-corrected chi connectivity index (χ2v) is 6.39. The quantitative estimate of drug-likeness (QED) is 0.802. The minimum absolute atomic E-state index is 0.994. The highest BCUT2D eigenvalue weighted by Crippen LogP contribution is 2.30.